The molecule has 0 bridgehead atoms. The van der Waals surface area contributed by atoms with Gasteiger partial charge in [0.25, 0.3) is 0 Å². The molecular formula is C78H132O66. The van der Waals surface area contributed by atoms with E-state index in [0.717, 1.165) is 0 Å². The summed E-state index contributed by atoms with van der Waals surface area (Å²) in [6, 6.07) is 0. The van der Waals surface area contributed by atoms with Gasteiger partial charge in [0.05, 0.1) is 85.9 Å². The molecule has 13 aliphatic rings. The molecule has 13 saturated heterocycles. The zero-order valence-corrected chi connectivity index (χ0v) is 75.3. The van der Waals surface area contributed by atoms with E-state index in [9.17, 15) is 209 Å². The Morgan fingerprint density at radius 1 is 0.118 bits per heavy atom. The van der Waals surface area contributed by atoms with Crippen LogP contribution in [0.1, 0.15) is 0 Å². The lowest BCUT2D eigenvalue weighted by atomic mass is 9.94. The maximum Gasteiger partial charge on any atom is 0.187 e. The fourth-order valence-corrected chi connectivity index (χ4v) is 18.5. The van der Waals surface area contributed by atoms with Crippen molar-refractivity contribution in [1.82, 2.24) is 0 Å². The highest BCUT2D eigenvalue weighted by atomic mass is 16.8. The van der Waals surface area contributed by atoms with Crippen LogP contribution in [0.4, 0.5) is 0 Å². The first-order valence-corrected chi connectivity index (χ1v) is 45.7. The summed E-state index contributed by atoms with van der Waals surface area (Å²) < 4.78 is 142. The second kappa shape index (κ2) is 51.4. The van der Waals surface area contributed by atoms with Crippen LogP contribution in [0.15, 0.2) is 0 Å². The van der Waals surface area contributed by atoms with Gasteiger partial charge in [0.15, 0.2) is 81.8 Å². The molecule has 0 aromatic carbocycles. The van der Waals surface area contributed by atoms with E-state index in [1.807, 2.05) is 0 Å². The van der Waals surface area contributed by atoms with Crippen LogP contribution in [-0.2, 0) is 118 Å². The molecular weight excluding hydrogens is 1990 g/mol. The first kappa shape index (κ1) is 118. The molecule has 0 aliphatic carbocycles. The van der Waals surface area contributed by atoms with Crippen molar-refractivity contribution >= 4 is 0 Å². The minimum absolute atomic E-state index is 0.821. The summed E-state index contributed by atoms with van der Waals surface area (Å²) >= 11 is 0. The van der Waals surface area contributed by atoms with Crippen LogP contribution in [0.3, 0.4) is 0 Å². The van der Waals surface area contributed by atoms with Gasteiger partial charge >= 0.3 is 0 Å². The van der Waals surface area contributed by atoms with Gasteiger partial charge in [0, 0.05) is 0 Å². The van der Waals surface area contributed by atoms with Crippen molar-refractivity contribution in [3.05, 3.63) is 0 Å². The molecule has 13 fully saturated rings. The Morgan fingerprint density at radius 3 is 0.438 bits per heavy atom. The SMILES string of the molecule is OC[C@H]1O[C@@H](O[C@@H]2[C@@H](O)[C@H](O[C@@H]3[C@H](O)[C@H](O[C@@H]4[C@@H](O)[C@H](O[C@@H]5[C@@H](O)[C@H](O[C@@H]6[C@@H](O)[C@H](O[C@@H]7[C@@H](O)[C@H](O[C@@H]8[C@@H](O)[C@H](O[C@@H]9[C@@H](O)[C@H](O)O[C@H](CO)[C@H]9O)O[C@H](CO)[C@H]8O)O[C@H](CO)[C@H]7O)O[C@H](CO)[C@H]6O)O[C@H](CO[C@@H]6O[C@H](CO[C@@H]7O[C@H](CO[C@@H]8O[C@H](CO[C@@H]9O[C@H](CO)[C@@H](O)[C@H](O)[C@H]9O)[C@@H](O)[C@H](O)[C@H]8O)[C@@H](O)[C@H](O)[C@H]7O)[C@@H](O)[C@H](O)[C@H]6O)[C@H]5O)O[C@H](CO)[C@H]4O)O[C@H](CO)[C@H]3O)O[C@H](CO)[C@H]2O)[C@@H](O)[C@@H](O)[C@@H]1O. The minimum Gasteiger partial charge on any atom is -0.394 e. The molecule has 0 amide bonds. The fraction of sp³-hybridized carbons (Fsp3) is 1.00. The van der Waals surface area contributed by atoms with Gasteiger partial charge in [-0.2, -0.15) is 0 Å². The minimum atomic E-state index is -2.72. The van der Waals surface area contributed by atoms with E-state index in [0.29, 0.717) is 0 Å². The summed E-state index contributed by atoms with van der Waals surface area (Å²) in [5.74, 6) is 0. The Morgan fingerprint density at radius 2 is 0.243 bits per heavy atom. The van der Waals surface area contributed by atoms with Crippen molar-refractivity contribution < 1.29 is 328 Å². The Balaban J connectivity index is 0.734. The Kier molecular flexibility index (Phi) is 42.2. The predicted octanol–water partition coefficient (Wildman–Crippen LogP) is -29.3. The van der Waals surface area contributed by atoms with Crippen LogP contribution in [0.5, 0.6) is 0 Å². The van der Waals surface area contributed by atoms with Gasteiger partial charge < -0.3 is 328 Å². The summed E-state index contributed by atoms with van der Waals surface area (Å²) in [6.45, 7) is -14.3. The Bertz CT molecular complexity index is 3800. The van der Waals surface area contributed by atoms with Crippen LogP contribution in [0.25, 0.3) is 0 Å². The average molecular weight is 2130 g/mol. The number of aliphatic hydroxyl groups excluding tert-OH is 41. The van der Waals surface area contributed by atoms with E-state index in [-0.39, 0.29) is 0 Å². The summed E-state index contributed by atoms with van der Waals surface area (Å²) in [5.41, 5.74) is 0. The third-order valence-electron chi connectivity index (χ3n) is 27.1. The smallest absolute Gasteiger partial charge is 0.187 e. The van der Waals surface area contributed by atoms with Crippen molar-refractivity contribution in [2.75, 3.05) is 85.9 Å². The third-order valence-corrected chi connectivity index (χ3v) is 27.1. The van der Waals surface area contributed by atoms with Crippen molar-refractivity contribution in [2.45, 2.75) is 399 Å². The van der Waals surface area contributed by atoms with Gasteiger partial charge in [-0.05, 0) is 0 Å². The highest BCUT2D eigenvalue weighted by Gasteiger charge is 2.63. The lowest BCUT2D eigenvalue weighted by molar-refractivity contribution is -0.404. The summed E-state index contributed by atoms with van der Waals surface area (Å²) in [6.07, 6.45) is -142. The van der Waals surface area contributed by atoms with Crippen LogP contribution in [0.2, 0.25) is 0 Å². The van der Waals surface area contributed by atoms with Crippen molar-refractivity contribution in [3.8, 4) is 0 Å². The summed E-state index contributed by atoms with van der Waals surface area (Å²) in [4.78, 5) is 0. The number of hydrogen-bond donors (Lipinski definition) is 41. The zero-order valence-electron chi connectivity index (χ0n) is 75.3. The molecule has 0 aromatic heterocycles. The average Bonchev–Trinajstić information content (AvgIpc) is 0.762. The van der Waals surface area contributed by atoms with Crippen molar-refractivity contribution in [2.24, 2.45) is 0 Å². The molecule has 840 valence electrons. The van der Waals surface area contributed by atoms with E-state index < -0.39 is 485 Å². The molecule has 0 aromatic rings. The molecule has 41 N–H and O–H groups in total. The van der Waals surface area contributed by atoms with Crippen LogP contribution >= 0.6 is 0 Å². The van der Waals surface area contributed by atoms with Gasteiger partial charge in [0.2, 0.25) is 0 Å². The number of aliphatic hydroxyl groups is 41. The van der Waals surface area contributed by atoms with E-state index in [1.165, 1.54) is 0 Å². The third kappa shape index (κ3) is 24.9. The van der Waals surface area contributed by atoms with Crippen LogP contribution in [0, 0.1) is 0 Å². The standard InChI is InChI=1S/C78H132O66/c79-1-14-27(88)40(101)45(106)67(125-14)120-10-23-29(90)42(103)46(107)68(133-23)121-11-24-30(91)43(104)47(108)69(134-24)122-12-25-31(92)44(105)48(109)70(135-25)123-13-26-39(100)65(144-77-55(116)63(37(98)21(8-86)132-77)142-75-53(114)61(35(96)19(6-84)130-75)140-73-51(112)59(33(94)17(4-82)128-73)138-71-49(110)41(102)28(89)15(2-80)126-71)57(118)78(136-26)143-64-38(99)22(9-87)131-76(56(64)117)141-62-36(97)20(7-85)129-74(54(62)115)139-60-34(95)18(5-83)127-72(52(60)113)137-58-32(93)16(3-81)124-66(119)50(58)111/h14-119H,1-13H2/t14-,15-,16-,17-,18-,19-,20-,21-,22-,23-,24-,25-,26-,27-,28-,29-,30-,31-,32-,33-,34-,35-,36-,37-,38-,39-,40+,41+,42+,43+,44+,45-,46-,47-,48-,49+,50-,51-,52-,53+,54-,55-,56-,57-,58+,59+,60+,61+,62+,63+,64+,65+,66-,67-,68-,69-,70-,71+,72+,73+,74+,75+,76+,77+,78+/m1/s1. The topological polar surface area (TPSA) is 1060 Å². The molecule has 144 heavy (non-hydrogen) atoms. The highest BCUT2D eigenvalue weighted by Crippen LogP contribution is 2.43. The molecule has 66 nitrogen and oxygen atoms in total. The second-order valence-electron chi connectivity index (χ2n) is 36.6. The van der Waals surface area contributed by atoms with Gasteiger partial charge in [-0.1, -0.05) is 0 Å². The summed E-state index contributed by atoms with van der Waals surface area (Å²) in [7, 11) is 0. The number of rotatable bonds is 37. The van der Waals surface area contributed by atoms with Gasteiger partial charge in [-0.15, -0.1) is 0 Å². The number of ether oxygens (including phenoxy) is 25. The molecule has 13 rings (SSSR count). The van der Waals surface area contributed by atoms with Crippen LogP contribution in [-0.4, -0.2) is 694 Å². The van der Waals surface area contributed by atoms with E-state index in [2.05, 4.69) is 0 Å². The second-order valence-corrected chi connectivity index (χ2v) is 36.6. The number of hydrogen-bond acceptors (Lipinski definition) is 66. The van der Waals surface area contributed by atoms with Gasteiger partial charge in [0.1, 0.15) is 317 Å². The van der Waals surface area contributed by atoms with Gasteiger partial charge in [-0.25, -0.2) is 0 Å². The van der Waals surface area contributed by atoms with Crippen molar-refractivity contribution in [1.29, 1.82) is 0 Å². The largest absolute Gasteiger partial charge is 0.394 e. The lowest BCUT2D eigenvalue weighted by Gasteiger charge is -2.50. The molecule has 66 heteroatoms. The van der Waals surface area contributed by atoms with E-state index in [1.54, 1.807) is 0 Å². The normalized spacial score (nSPS) is 53.9. The zero-order chi connectivity index (χ0) is 105. The van der Waals surface area contributed by atoms with Crippen molar-refractivity contribution in [3.63, 3.8) is 0 Å². The molecule has 0 spiro atoms. The Labute approximate surface area is 810 Å². The predicted molar refractivity (Wildman–Crippen MR) is 428 cm³/mol. The monoisotopic (exact) mass is 2120 g/mol. The Hall–Kier alpha value is -2.64. The molecule has 65 atom stereocenters. The maximum atomic E-state index is 12.6. The molecule has 13 aliphatic heterocycles. The molecule has 0 radical (unpaired) electrons. The first-order chi connectivity index (χ1) is 68.3. The quantitative estimate of drug-likeness (QED) is 0.0275. The molecule has 0 unspecified atom stereocenters. The van der Waals surface area contributed by atoms with E-state index >= 15 is 0 Å². The first-order valence-electron chi connectivity index (χ1n) is 45.7. The lowest BCUT2D eigenvalue weighted by Crippen LogP contribution is -2.69. The maximum absolute atomic E-state index is 12.6. The molecule has 0 saturated carbocycles. The van der Waals surface area contributed by atoms with E-state index in [4.69, 9.17) is 118 Å². The van der Waals surface area contributed by atoms with Gasteiger partial charge in [-0.3, -0.25) is 0 Å². The fourth-order valence-electron chi connectivity index (χ4n) is 18.5. The highest BCUT2D eigenvalue weighted by molar-refractivity contribution is 5.05. The van der Waals surface area contributed by atoms with Crippen LogP contribution < -0.4 is 0 Å². The summed E-state index contributed by atoms with van der Waals surface area (Å²) in [5, 5.41) is 454. The molecule has 13 heterocycles.